The van der Waals surface area contributed by atoms with Gasteiger partial charge in [0, 0.05) is 16.1 Å². The molecule has 0 aliphatic heterocycles. The molecule has 156 valence electrons. The number of benzene rings is 2. The Labute approximate surface area is 180 Å². The maximum Gasteiger partial charge on any atom is 0.130 e. The zero-order chi connectivity index (χ0) is 20.2. The van der Waals surface area contributed by atoms with E-state index >= 15 is 0 Å². The van der Waals surface area contributed by atoms with Crippen LogP contribution in [0.4, 0.5) is 0 Å². The first kappa shape index (κ1) is 23.1. The number of unbranched alkanes of at least 4 members (excludes halogenated alkanes) is 4. The number of aryl methyl sites for hydroxylation is 1. The van der Waals surface area contributed by atoms with Crippen LogP contribution in [0.1, 0.15) is 71.3 Å². The van der Waals surface area contributed by atoms with Crippen molar-refractivity contribution in [1.29, 1.82) is 0 Å². The highest BCUT2D eigenvalue weighted by molar-refractivity contribution is 9.09. The van der Waals surface area contributed by atoms with Gasteiger partial charge in [0.1, 0.15) is 11.5 Å². The minimum absolute atomic E-state index is 0.585. The average molecular weight is 449 g/mol. The van der Waals surface area contributed by atoms with Crippen LogP contribution in [0.2, 0.25) is 0 Å². The van der Waals surface area contributed by atoms with Crippen molar-refractivity contribution in [3.63, 3.8) is 0 Å². The molecule has 0 amide bonds. The number of hydrogen-bond donors (Lipinski definition) is 0. The van der Waals surface area contributed by atoms with Gasteiger partial charge in [-0.25, -0.2) is 0 Å². The molecule has 0 aliphatic carbocycles. The van der Waals surface area contributed by atoms with Crippen LogP contribution < -0.4 is 9.47 Å². The number of hydrogen-bond acceptors (Lipinski definition) is 2. The monoisotopic (exact) mass is 448 g/mol. The van der Waals surface area contributed by atoms with E-state index in [0.29, 0.717) is 5.92 Å². The van der Waals surface area contributed by atoms with E-state index in [2.05, 4.69) is 67.0 Å². The Kier molecular flexibility index (Phi) is 10.8. The molecular formula is C25H37BrO2. The predicted molar refractivity (Wildman–Crippen MR) is 125 cm³/mol. The molecule has 0 spiro atoms. The number of alkyl halides is 1. The number of fused-ring (bicyclic) bond motifs is 1. The van der Waals surface area contributed by atoms with Gasteiger partial charge < -0.3 is 9.47 Å². The van der Waals surface area contributed by atoms with E-state index in [1.54, 1.807) is 0 Å². The third-order valence-electron chi connectivity index (χ3n) is 5.48. The summed E-state index contributed by atoms with van der Waals surface area (Å²) in [5.41, 5.74) is 1.25. The summed E-state index contributed by atoms with van der Waals surface area (Å²) in [6.07, 6.45) is 9.52. The lowest BCUT2D eigenvalue weighted by Gasteiger charge is -2.19. The zero-order valence-electron chi connectivity index (χ0n) is 17.9. The third-order valence-corrected chi connectivity index (χ3v) is 5.94. The summed E-state index contributed by atoms with van der Waals surface area (Å²) in [6, 6.07) is 10.7. The van der Waals surface area contributed by atoms with Crippen LogP contribution in [0.25, 0.3) is 10.8 Å². The summed E-state index contributed by atoms with van der Waals surface area (Å²) >= 11 is 3.56. The quantitative estimate of drug-likeness (QED) is 0.215. The Morgan fingerprint density at radius 1 is 0.929 bits per heavy atom. The molecule has 0 aliphatic rings. The molecular weight excluding hydrogens is 412 g/mol. The van der Waals surface area contributed by atoms with Gasteiger partial charge in [0.2, 0.25) is 0 Å². The van der Waals surface area contributed by atoms with Crippen molar-refractivity contribution in [1.82, 2.24) is 0 Å². The molecule has 2 aromatic carbocycles. The van der Waals surface area contributed by atoms with Crippen LogP contribution in [-0.4, -0.2) is 18.5 Å². The number of rotatable bonds is 14. The zero-order valence-corrected chi connectivity index (χ0v) is 19.5. The Balaban J connectivity index is 2.17. The molecule has 1 unspecified atom stereocenters. The molecule has 0 heterocycles. The maximum atomic E-state index is 6.32. The van der Waals surface area contributed by atoms with E-state index in [1.807, 2.05) is 0 Å². The Hall–Kier alpha value is -1.22. The van der Waals surface area contributed by atoms with Crippen molar-refractivity contribution in [2.75, 3.05) is 18.5 Å². The lowest BCUT2D eigenvalue weighted by molar-refractivity contribution is 0.243. The molecule has 2 rings (SSSR count). The lowest BCUT2D eigenvalue weighted by atomic mass is 10.0. The highest BCUT2D eigenvalue weighted by Gasteiger charge is 2.15. The second-order valence-corrected chi connectivity index (χ2v) is 8.38. The molecule has 0 saturated heterocycles. The topological polar surface area (TPSA) is 18.5 Å². The van der Waals surface area contributed by atoms with E-state index in [4.69, 9.17) is 9.47 Å². The maximum absolute atomic E-state index is 6.32. The van der Waals surface area contributed by atoms with Crippen molar-refractivity contribution in [2.24, 2.45) is 5.92 Å². The summed E-state index contributed by atoms with van der Waals surface area (Å²) in [5, 5.41) is 3.37. The minimum Gasteiger partial charge on any atom is -0.493 e. The predicted octanol–water partition coefficient (Wildman–Crippen LogP) is 7.94. The smallest absolute Gasteiger partial charge is 0.130 e. The molecule has 2 nitrogen and oxygen atoms in total. The van der Waals surface area contributed by atoms with Gasteiger partial charge in [0.05, 0.1) is 13.2 Å². The first-order valence-corrected chi connectivity index (χ1v) is 12.2. The fourth-order valence-corrected chi connectivity index (χ4v) is 4.22. The van der Waals surface area contributed by atoms with Crippen LogP contribution in [0.15, 0.2) is 30.3 Å². The van der Waals surface area contributed by atoms with Crippen molar-refractivity contribution < 1.29 is 9.47 Å². The van der Waals surface area contributed by atoms with Gasteiger partial charge in [0.15, 0.2) is 0 Å². The molecule has 0 radical (unpaired) electrons. The Morgan fingerprint density at radius 2 is 1.68 bits per heavy atom. The van der Waals surface area contributed by atoms with Crippen LogP contribution >= 0.6 is 15.9 Å². The third kappa shape index (κ3) is 6.69. The first-order valence-electron chi connectivity index (χ1n) is 11.1. The van der Waals surface area contributed by atoms with Crippen molar-refractivity contribution >= 4 is 26.7 Å². The summed E-state index contributed by atoms with van der Waals surface area (Å²) in [6.45, 7) is 8.25. The molecule has 0 N–H and O–H groups in total. The SMILES string of the molecule is CCCCCCCOc1c(CC)cc(OCC(CC)CCBr)c2ccccc12. The Bertz CT molecular complexity index is 698. The molecule has 2 aromatic rings. The summed E-state index contributed by atoms with van der Waals surface area (Å²) < 4.78 is 12.6. The molecule has 3 heteroatoms. The fraction of sp³-hybridized carbons (Fsp3) is 0.600. The second kappa shape index (κ2) is 13.1. The van der Waals surface area contributed by atoms with Crippen LogP contribution in [0.3, 0.4) is 0 Å². The summed E-state index contributed by atoms with van der Waals surface area (Å²) in [4.78, 5) is 0. The Morgan fingerprint density at radius 3 is 2.36 bits per heavy atom. The number of ether oxygens (including phenoxy) is 2. The van der Waals surface area contributed by atoms with Gasteiger partial charge in [-0.1, -0.05) is 93.1 Å². The highest BCUT2D eigenvalue weighted by atomic mass is 79.9. The molecule has 0 fully saturated rings. The van der Waals surface area contributed by atoms with Gasteiger partial charge in [-0.05, 0) is 36.8 Å². The first-order chi connectivity index (χ1) is 13.7. The largest absolute Gasteiger partial charge is 0.493 e. The number of halogens is 1. The van der Waals surface area contributed by atoms with Crippen LogP contribution in [0.5, 0.6) is 11.5 Å². The van der Waals surface area contributed by atoms with Gasteiger partial charge in [0.25, 0.3) is 0 Å². The second-order valence-electron chi connectivity index (χ2n) is 7.59. The van der Waals surface area contributed by atoms with Crippen molar-refractivity contribution in [3.05, 3.63) is 35.9 Å². The average Bonchev–Trinajstić information content (AvgIpc) is 2.73. The molecule has 0 bridgehead atoms. The lowest BCUT2D eigenvalue weighted by Crippen LogP contribution is -2.12. The molecule has 0 aromatic heterocycles. The van der Waals surface area contributed by atoms with Crippen LogP contribution in [0, 0.1) is 5.92 Å². The van der Waals surface area contributed by atoms with E-state index in [0.717, 1.165) is 61.1 Å². The highest BCUT2D eigenvalue weighted by Crippen LogP contribution is 2.37. The standard InChI is InChI=1S/C25H37BrO2/c1-4-7-8-9-12-17-27-25-21(6-3)18-24(22-13-10-11-14-23(22)25)28-19-20(5-2)15-16-26/h10-11,13-14,18,20H,4-9,12,15-17,19H2,1-3H3. The van der Waals surface area contributed by atoms with Crippen LogP contribution in [-0.2, 0) is 6.42 Å². The normalized spacial score (nSPS) is 12.3. The molecule has 1 atom stereocenters. The van der Waals surface area contributed by atoms with E-state index in [9.17, 15) is 0 Å². The molecule has 0 saturated carbocycles. The van der Waals surface area contributed by atoms with E-state index in [1.165, 1.54) is 36.6 Å². The van der Waals surface area contributed by atoms with Crippen molar-refractivity contribution in [3.8, 4) is 11.5 Å². The van der Waals surface area contributed by atoms with Gasteiger partial charge in [-0.3, -0.25) is 0 Å². The van der Waals surface area contributed by atoms with Gasteiger partial charge in [-0.15, -0.1) is 0 Å². The summed E-state index contributed by atoms with van der Waals surface area (Å²) in [5.74, 6) is 2.63. The molecule has 28 heavy (non-hydrogen) atoms. The van der Waals surface area contributed by atoms with E-state index in [-0.39, 0.29) is 0 Å². The minimum atomic E-state index is 0.585. The van der Waals surface area contributed by atoms with E-state index < -0.39 is 0 Å². The summed E-state index contributed by atoms with van der Waals surface area (Å²) in [7, 11) is 0. The van der Waals surface area contributed by atoms with Gasteiger partial charge in [-0.2, -0.15) is 0 Å². The van der Waals surface area contributed by atoms with Gasteiger partial charge >= 0.3 is 0 Å². The van der Waals surface area contributed by atoms with Crippen molar-refractivity contribution in [2.45, 2.75) is 72.1 Å². The fourth-order valence-electron chi connectivity index (χ4n) is 3.57.